The van der Waals surface area contributed by atoms with Crippen LogP contribution in [0.3, 0.4) is 0 Å². The number of fused-ring (bicyclic) bond motifs is 3. The Morgan fingerprint density at radius 1 is 1.00 bits per heavy atom. The molecule has 2 bridgehead atoms. The maximum atomic E-state index is 2.24. The molecule has 0 aromatic carbocycles. The highest BCUT2D eigenvalue weighted by molar-refractivity contribution is 8.01. The summed E-state index contributed by atoms with van der Waals surface area (Å²) in [5.74, 6) is 0. The van der Waals surface area contributed by atoms with E-state index in [1.54, 1.807) is 6.42 Å². The largest absolute Gasteiger partial charge is 0.155 e. The van der Waals surface area contributed by atoms with Gasteiger partial charge in [-0.3, -0.25) is 0 Å². The molecule has 2 unspecified atom stereocenters. The van der Waals surface area contributed by atoms with E-state index in [2.05, 4.69) is 11.8 Å². The fraction of sp³-hybridized carbons (Fsp3) is 1.00. The van der Waals surface area contributed by atoms with Gasteiger partial charge in [0, 0.05) is 10.5 Å². The minimum absolute atomic E-state index is 1.09. The number of rotatable bonds is 0. The van der Waals surface area contributed by atoms with Gasteiger partial charge in [-0.2, -0.15) is 11.8 Å². The van der Waals surface area contributed by atoms with E-state index in [4.69, 9.17) is 0 Å². The van der Waals surface area contributed by atoms with Crippen LogP contribution in [-0.2, 0) is 0 Å². The van der Waals surface area contributed by atoms with Gasteiger partial charge in [0.1, 0.15) is 0 Å². The molecule has 2 aliphatic heterocycles. The molecule has 0 aromatic heterocycles. The summed E-state index contributed by atoms with van der Waals surface area (Å²) in [4.78, 5) is 0. The normalized spacial score (nSPS) is 45.0. The fourth-order valence-corrected chi connectivity index (χ4v) is 3.15. The molecule has 1 heteroatoms. The summed E-state index contributed by atoms with van der Waals surface area (Å²) in [7, 11) is 0. The van der Waals surface area contributed by atoms with E-state index in [0.29, 0.717) is 0 Å². The molecule has 2 atom stereocenters. The van der Waals surface area contributed by atoms with Gasteiger partial charge in [0.2, 0.25) is 0 Å². The molecule has 8 heavy (non-hydrogen) atoms. The zero-order valence-electron chi connectivity index (χ0n) is 5.10. The predicted octanol–water partition coefficient (Wildman–Crippen LogP) is 2.43. The first-order valence-corrected chi connectivity index (χ1v) is 4.55. The van der Waals surface area contributed by atoms with Gasteiger partial charge >= 0.3 is 0 Å². The smallest absolute Gasteiger partial charge is 0.00603 e. The molecule has 2 saturated heterocycles. The van der Waals surface area contributed by atoms with E-state index >= 15 is 0 Å². The molecule has 0 spiro atoms. The van der Waals surface area contributed by atoms with Crippen molar-refractivity contribution in [2.45, 2.75) is 42.6 Å². The van der Waals surface area contributed by atoms with Crippen molar-refractivity contribution in [1.82, 2.24) is 0 Å². The second-order valence-electron chi connectivity index (χ2n) is 2.90. The van der Waals surface area contributed by atoms with Crippen molar-refractivity contribution < 1.29 is 0 Å². The maximum Gasteiger partial charge on any atom is 0.00603 e. The molecule has 2 heterocycles. The summed E-state index contributed by atoms with van der Waals surface area (Å²) in [5, 5.41) is 2.17. The molecule has 3 aliphatic rings. The lowest BCUT2D eigenvalue weighted by Crippen LogP contribution is -2.23. The van der Waals surface area contributed by atoms with Gasteiger partial charge in [-0.05, 0) is 19.3 Å². The first-order valence-electron chi connectivity index (χ1n) is 3.60. The van der Waals surface area contributed by atoms with Crippen LogP contribution in [0.2, 0.25) is 0 Å². The molecule has 46 valence electrons. The third kappa shape index (κ3) is 0.771. The molecule has 3 fully saturated rings. The highest BCUT2D eigenvalue weighted by Crippen LogP contribution is 2.44. The van der Waals surface area contributed by atoms with E-state index in [0.717, 1.165) is 10.5 Å². The highest BCUT2D eigenvalue weighted by atomic mass is 32.2. The number of thioether (sulfide) groups is 1. The second kappa shape index (κ2) is 1.94. The molecule has 1 aliphatic carbocycles. The van der Waals surface area contributed by atoms with Gasteiger partial charge in [-0.1, -0.05) is 12.8 Å². The van der Waals surface area contributed by atoms with Crippen molar-refractivity contribution in [2.24, 2.45) is 0 Å². The van der Waals surface area contributed by atoms with E-state index in [-0.39, 0.29) is 0 Å². The van der Waals surface area contributed by atoms with Crippen LogP contribution in [0.25, 0.3) is 0 Å². The van der Waals surface area contributed by atoms with Crippen LogP contribution in [0, 0.1) is 0 Å². The van der Waals surface area contributed by atoms with E-state index in [1.807, 2.05) is 0 Å². The van der Waals surface area contributed by atoms with Gasteiger partial charge < -0.3 is 0 Å². The third-order valence-electron chi connectivity index (χ3n) is 2.21. The standard InChI is InChI=1S/C7H12S/c1-2-4-7-5-6(3-1)8-7/h6-7H,1-5H2. The SMILES string of the molecule is C1CCC2CC(C1)S2. The van der Waals surface area contributed by atoms with Crippen LogP contribution in [0.4, 0.5) is 0 Å². The van der Waals surface area contributed by atoms with Crippen LogP contribution < -0.4 is 0 Å². The first-order chi connectivity index (χ1) is 3.95. The number of hydrogen-bond donors (Lipinski definition) is 0. The van der Waals surface area contributed by atoms with E-state index < -0.39 is 0 Å². The van der Waals surface area contributed by atoms with Crippen molar-refractivity contribution in [3.8, 4) is 0 Å². The van der Waals surface area contributed by atoms with E-state index in [1.165, 1.54) is 25.7 Å². The van der Waals surface area contributed by atoms with Gasteiger partial charge in [0.05, 0.1) is 0 Å². The molecule has 1 saturated carbocycles. The summed E-state index contributed by atoms with van der Waals surface area (Å²) in [6, 6.07) is 0. The van der Waals surface area contributed by atoms with Crippen LogP contribution >= 0.6 is 11.8 Å². The molecule has 0 N–H and O–H groups in total. The monoisotopic (exact) mass is 128 g/mol. The molecular weight excluding hydrogens is 116 g/mol. The second-order valence-corrected chi connectivity index (χ2v) is 4.51. The quantitative estimate of drug-likeness (QED) is 0.483. The molecule has 3 rings (SSSR count). The van der Waals surface area contributed by atoms with Gasteiger partial charge in [-0.25, -0.2) is 0 Å². The summed E-state index contributed by atoms with van der Waals surface area (Å²) in [5.41, 5.74) is 0. The first kappa shape index (κ1) is 5.16. The molecular formula is C7H12S. The Bertz CT molecular complexity index is 68.9. The summed E-state index contributed by atoms with van der Waals surface area (Å²) in [6.07, 6.45) is 7.59. The molecule has 0 aromatic rings. The zero-order chi connectivity index (χ0) is 5.40. The van der Waals surface area contributed by atoms with Crippen molar-refractivity contribution in [3.63, 3.8) is 0 Å². The van der Waals surface area contributed by atoms with Crippen LogP contribution in [0.15, 0.2) is 0 Å². The Morgan fingerprint density at radius 2 is 1.50 bits per heavy atom. The van der Waals surface area contributed by atoms with Gasteiger partial charge in [0.25, 0.3) is 0 Å². The van der Waals surface area contributed by atoms with Crippen molar-refractivity contribution >= 4 is 11.8 Å². The van der Waals surface area contributed by atoms with Gasteiger partial charge in [-0.15, -0.1) is 0 Å². The Balaban J connectivity index is 1.95. The minimum Gasteiger partial charge on any atom is -0.155 e. The van der Waals surface area contributed by atoms with Crippen LogP contribution in [-0.4, -0.2) is 10.5 Å². The fourth-order valence-electron chi connectivity index (χ4n) is 1.67. The Morgan fingerprint density at radius 3 is 2.00 bits per heavy atom. The Kier molecular flexibility index (Phi) is 1.25. The summed E-state index contributed by atoms with van der Waals surface area (Å²) in [6.45, 7) is 0. The van der Waals surface area contributed by atoms with Crippen molar-refractivity contribution in [1.29, 1.82) is 0 Å². The minimum atomic E-state index is 1.09. The van der Waals surface area contributed by atoms with Crippen molar-refractivity contribution in [3.05, 3.63) is 0 Å². The zero-order valence-corrected chi connectivity index (χ0v) is 5.91. The maximum absolute atomic E-state index is 2.24. The van der Waals surface area contributed by atoms with Crippen molar-refractivity contribution in [2.75, 3.05) is 0 Å². The lowest BCUT2D eigenvalue weighted by atomic mass is 10.2. The van der Waals surface area contributed by atoms with Crippen LogP contribution in [0.5, 0.6) is 0 Å². The average Bonchev–Trinajstić information content (AvgIpc) is 1.89. The Labute approximate surface area is 55.0 Å². The van der Waals surface area contributed by atoms with Gasteiger partial charge in [0.15, 0.2) is 0 Å². The summed E-state index contributed by atoms with van der Waals surface area (Å²) < 4.78 is 0. The lowest BCUT2D eigenvalue weighted by molar-refractivity contribution is 0.673. The average molecular weight is 128 g/mol. The lowest BCUT2D eigenvalue weighted by Gasteiger charge is -2.31. The topological polar surface area (TPSA) is 0 Å². The molecule has 0 amide bonds. The third-order valence-corrected chi connectivity index (χ3v) is 3.84. The molecule has 0 nitrogen and oxygen atoms in total. The van der Waals surface area contributed by atoms with Crippen LogP contribution in [0.1, 0.15) is 32.1 Å². The predicted molar refractivity (Wildman–Crippen MR) is 38.3 cm³/mol. The van der Waals surface area contributed by atoms with E-state index in [9.17, 15) is 0 Å². The summed E-state index contributed by atoms with van der Waals surface area (Å²) >= 11 is 2.24. The molecule has 0 radical (unpaired) electrons. The Hall–Kier alpha value is 0.350. The highest BCUT2D eigenvalue weighted by Gasteiger charge is 2.31. The number of hydrogen-bond acceptors (Lipinski definition) is 1.